The summed E-state index contributed by atoms with van der Waals surface area (Å²) in [5.74, 6) is 0. The normalized spacial score (nSPS) is 13.2. The van der Waals surface area contributed by atoms with E-state index in [-0.39, 0.29) is 6.10 Å². The maximum atomic E-state index is 12.8. The Morgan fingerprint density at radius 1 is 0.833 bits per heavy atom. The lowest BCUT2D eigenvalue weighted by molar-refractivity contribution is -0.257. The Labute approximate surface area is 179 Å². The molecule has 0 heterocycles. The second kappa shape index (κ2) is 15.7. The molecule has 0 aliphatic carbocycles. The van der Waals surface area contributed by atoms with Crippen molar-refractivity contribution in [2.24, 2.45) is 0 Å². The lowest BCUT2D eigenvalue weighted by atomic mass is 10.0. The zero-order chi connectivity index (χ0) is 22.2. The van der Waals surface area contributed by atoms with Crippen LogP contribution in [0, 0.1) is 0 Å². The van der Waals surface area contributed by atoms with Gasteiger partial charge in [0.05, 0.1) is 11.7 Å². The number of halogens is 3. The van der Waals surface area contributed by atoms with Crippen molar-refractivity contribution in [3.8, 4) is 0 Å². The number of alkyl halides is 3. The molecule has 0 saturated heterocycles. The fourth-order valence-electron chi connectivity index (χ4n) is 3.74. The van der Waals surface area contributed by atoms with Crippen LogP contribution in [-0.4, -0.2) is 22.8 Å². The highest BCUT2D eigenvalue weighted by Gasteiger charge is 2.30. The van der Waals surface area contributed by atoms with Crippen LogP contribution in [0.1, 0.15) is 102 Å². The van der Waals surface area contributed by atoms with E-state index in [2.05, 4.69) is 6.92 Å². The Morgan fingerprint density at radius 2 is 1.40 bits per heavy atom. The number of rotatable bonds is 17. The molecule has 0 saturated carbocycles. The molecular formula is C24H39F3O3. The molecule has 0 aromatic heterocycles. The van der Waals surface area contributed by atoms with Gasteiger partial charge >= 0.3 is 6.18 Å². The van der Waals surface area contributed by atoms with Gasteiger partial charge in [0, 0.05) is 0 Å². The minimum absolute atomic E-state index is 0.149. The summed E-state index contributed by atoms with van der Waals surface area (Å²) < 4.78 is 43.5. The summed E-state index contributed by atoms with van der Waals surface area (Å²) in [6.45, 7) is 0.466. The van der Waals surface area contributed by atoms with Gasteiger partial charge in [-0.1, -0.05) is 89.3 Å². The molecule has 0 spiro atoms. The summed E-state index contributed by atoms with van der Waals surface area (Å²) in [4.78, 5) is 0. The van der Waals surface area contributed by atoms with Gasteiger partial charge in [0.25, 0.3) is 6.48 Å². The van der Waals surface area contributed by atoms with Crippen molar-refractivity contribution in [3.05, 3.63) is 35.4 Å². The molecule has 2 N–H and O–H groups in total. The number of hydrogen-bond donors (Lipinski definition) is 2. The molecule has 6 heteroatoms. The first-order valence-corrected chi connectivity index (χ1v) is 11.5. The molecular weight excluding hydrogens is 393 g/mol. The summed E-state index contributed by atoms with van der Waals surface area (Å²) >= 11 is 0. The van der Waals surface area contributed by atoms with Gasteiger partial charge in [0.2, 0.25) is 0 Å². The molecule has 0 bridgehead atoms. The maximum absolute atomic E-state index is 12.8. The van der Waals surface area contributed by atoms with E-state index < -0.39 is 18.2 Å². The third-order valence-electron chi connectivity index (χ3n) is 5.44. The Balaban J connectivity index is 2.19. The quantitative estimate of drug-likeness (QED) is 0.206. The van der Waals surface area contributed by atoms with E-state index in [0.29, 0.717) is 12.0 Å². The predicted molar refractivity (Wildman–Crippen MR) is 114 cm³/mol. The Hall–Kier alpha value is -1.11. The van der Waals surface area contributed by atoms with Gasteiger partial charge in [-0.15, -0.1) is 0 Å². The minimum Gasteiger partial charge on any atom is -0.346 e. The molecule has 30 heavy (non-hydrogen) atoms. The number of aliphatic hydroxyl groups is 2. The lowest BCUT2D eigenvalue weighted by Crippen LogP contribution is -2.21. The first-order valence-electron chi connectivity index (χ1n) is 11.5. The van der Waals surface area contributed by atoms with Crippen LogP contribution in [0.3, 0.4) is 0 Å². The number of hydrogen-bond acceptors (Lipinski definition) is 3. The number of aliphatic hydroxyl groups excluding tert-OH is 1. The SMILES string of the molecule is CCCCCCCCCC(CCCCCCc1cccc(C(F)(F)F)c1)OC(O)O. The van der Waals surface area contributed by atoms with Gasteiger partial charge in [-0.05, 0) is 37.3 Å². The molecule has 174 valence electrons. The second-order valence-electron chi connectivity index (χ2n) is 8.15. The predicted octanol–water partition coefficient (Wildman–Crippen LogP) is 6.99. The van der Waals surface area contributed by atoms with Crippen molar-refractivity contribution in [1.29, 1.82) is 0 Å². The summed E-state index contributed by atoms with van der Waals surface area (Å²) in [5.41, 5.74) is 0.126. The van der Waals surface area contributed by atoms with Crippen molar-refractivity contribution >= 4 is 0 Å². The van der Waals surface area contributed by atoms with Crippen LogP contribution in [0.25, 0.3) is 0 Å². The standard InChI is InChI=1S/C24H39F3O3/c1-2-3-4-5-6-7-11-17-22(30-23(28)29)18-12-9-8-10-14-20-15-13-16-21(19-20)24(25,26)27/h13,15-16,19,22-23,28-29H,2-12,14,17-18H2,1H3. The molecule has 1 aromatic carbocycles. The molecule has 1 atom stereocenters. The molecule has 0 radical (unpaired) electrons. The molecule has 0 amide bonds. The molecule has 0 aliphatic rings. The Morgan fingerprint density at radius 3 is 1.97 bits per heavy atom. The lowest BCUT2D eigenvalue weighted by Gasteiger charge is -2.19. The van der Waals surface area contributed by atoms with Crippen molar-refractivity contribution in [1.82, 2.24) is 0 Å². The third-order valence-corrected chi connectivity index (χ3v) is 5.44. The highest BCUT2D eigenvalue weighted by Crippen LogP contribution is 2.29. The van der Waals surface area contributed by atoms with E-state index in [9.17, 15) is 13.2 Å². The number of benzene rings is 1. The minimum atomic E-state index is -4.29. The molecule has 0 fully saturated rings. The zero-order valence-corrected chi connectivity index (χ0v) is 18.3. The average molecular weight is 433 g/mol. The van der Waals surface area contributed by atoms with Crippen LogP contribution in [0.4, 0.5) is 13.2 Å². The van der Waals surface area contributed by atoms with Gasteiger partial charge < -0.3 is 14.9 Å². The maximum Gasteiger partial charge on any atom is 0.416 e. The second-order valence-corrected chi connectivity index (χ2v) is 8.15. The largest absolute Gasteiger partial charge is 0.416 e. The highest BCUT2D eigenvalue weighted by atomic mass is 19.4. The van der Waals surface area contributed by atoms with Gasteiger partial charge in [-0.25, -0.2) is 0 Å². The van der Waals surface area contributed by atoms with E-state index in [1.165, 1.54) is 44.2 Å². The van der Waals surface area contributed by atoms with Crippen molar-refractivity contribution in [2.45, 2.75) is 116 Å². The van der Waals surface area contributed by atoms with Crippen molar-refractivity contribution < 1.29 is 28.1 Å². The van der Waals surface area contributed by atoms with E-state index in [4.69, 9.17) is 14.9 Å². The molecule has 0 aliphatic heterocycles. The summed E-state index contributed by atoms with van der Waals surface area (Å²) in [6, 6.07) is 5.54. The smallest absolute Gasteiger partial charge is 0.346 e. The third kappa shape index (κ3) is 13.2. The summed E-state index contributed by atoms with van der Waals surface area (Å²) in [6.07, 6.45) is 9.89. The van der Waals surface area contributed by atoms with Gasteiger partial charge in [0.15, 0.2) is 0 Å². The molecule has 1 rings (SSSR count). The molecule has 1 unspecified atom stereocenters. The van der Waals surface area contributed by atoms with E-state index in [0.717, 1.165) is 57.4 Å². The first kappa shape index (κ1) is 26.9. The topological polar surface area (TPSA) is 49.7 Å². The van der Waals surface area contributed by atoms with Crippen molar-refractivity contribution in [2.75, 3.05) is 0 Å². The molecule has 3 nitrogen and oxygen atoms in total. The zero-order valence-electron chi connectivity index (χ0n) is 18.3. The molecule has 1 aromatic rings. The van der Waals surface area contributed by atoms with E-state index >= 15 is 0 Å². The van der Waals surface area contributed by atoms with Crippen molar-refractivity contribution in [3.63, 3.8) is 0 Å². The summed E-state index contributed by atoms with van der Waals surface area (Å²) in [7, 11) is 0. The van der Waals surface area contributed by atoms with Crippen LogP contribution in [0.15, 0.2) is 24.3 Å². The van der Waals surface area contributed by atoms with Crippen LogP contribution in [0.5, 0.6) is 0 Å². The highest BCUT2D eigenvalue weighted by molar-refractivity contribution is 5.25. The van der Waals surface area contributed by atoms with Crippen LogP contribution >= 0.6 is 0 Å². The number of aryl methyl sites for hydroxylation is 1. The number of ether oxygens (including phenoxy) is 1. The van der Waals surface area contributed by atoms with E-state index in [1.807, 2.05) is 0 Å². The van der Waals surface area contributed by atoms with Crippen LogP contribution in [-0.2, 0) is 17.3 Å². The van der Waals surface area contributed by atoms with Crippen LogP contribution in [0.2, 0.25) is 0 Å². The Bertz CT molecular complexity index is 547. The number of unbranched alkanes of at least 4 members (excludes halogenated alkanes) is 9. The fourth-order valence-corrected chi connectivity index (χ4v) is 3.74. The fraction of sp³-hybridized carbons (Fsp3) is 0.750. The van der Waals surface area contributed by atoms with Gasteiger partial charge in [-0.2, -0.15) is 13.2 Å². The van der Waals surface area contributed by atoms with E-state index in [1.54, 1.807) is 6.07 Å². The average Bonchev–Trinajstić information content (AvgIpc) is 2.68. The Kier molecular flexibility index (Phi) is 14.1. The first-order chi connectivity index (χ1) is 14.3. The van der Waals surface area contributed by atoms with Gasteiger partial charge in [0.1, 0.15) is 0 Å². The summed E-state index contributed by atoms with van der Waals surface area (Å²) in [5, 5.41) is 18.2. The monoisotopic (exact) mass is 432 g/mol. The van der Waals surface area contributed by atoms with Crippen LogP contribution < -0.4 is 0 Å². The van der Waals surface area contributed by atoms with Gasteiger partial charge in [-0.3, -0.25) is 0 Å².